The molecule has 0 aliphatic carbocycles. The average molecular weight is 362 g/mol. The standard InChI is InChI=1S/C18H24ClN5O/c1-4-10-23(3)14(25)11-24-18(21)15(12(2)22-24)16(19)17(20)13-8-6-5-7-9-13/h5-9H,4,10-11,20-21H2,1-3H3/b17-16+. The Morgan fingerprint density at radius 3 is 2.56 bits per heavy atom. The van der Waals surface area contributed by atoms with Crippen LogP contribution in [0.15, 0.2) is 30.3 Å². The van der Waals surface area contributed by atoms with Crippen LogP contribution < -0.4 is 11.5 Å². The number of anilines is 1. The van der Waals surface area contributed by atoms with E-state index in [1.807, 2.05) is 37.3 Å². The van der Waals surface area contributed by atoms with Gasteiger partial charge >= 0.3 is 0 Å². The Bertz CT molecular complexity index is 782. The van der Waals surface area contributed by atoms with Crippen molar-refractivity contribution in [2.24, 2.45) is 5.73 Å². The van der Waals surface area contributed by atoms with Gasteiger partial charge in [-0.25, -0.2) is 4.68 Å². The van der Waals surface area contributed by atoms with Gasteiger partial charge in [0.25, 0.3) is 0 Å². The zero-order valence-corrected chi connectivity index (χ0v) is 15.5. The van der Waals surface area contributed by atoms with E-state index < -0.39 is 0 Å². The molecule has 0 aliphatic rings. The molecule has 7 heteroatoms. The fraction of sp³-hybridized carbons (Fsp3) is 0.333. The van der Waals surface area contributed by atoms with Gasteiger partial charge in [-0.3, -0.25) is 4.79 Å². The number of carbonyl (C=O) groups excluding carboxylic acids is 1. The number of carbonyl (C=O) groups is 1. The summed E-state index contributed by atoms with van der Waals surface area (Å²) in [5, 5.41) is 4.69. The van der Waals surface area contributed by atoms with E-state index in [-0.39, 0.29) is 12.5 Å². The number of halogens is 1. The highest BCUT2D eigenvalue weighted by Crippen LogP contribution is 2.32. The van der Waals surface area contributed by atoms with Crippen LogP contribution in [-0.4, -0.2) is 34.2 Å². The summed E-state index contributed by atoms with van der Waals surface area (Å²) in [6.07, 6.45) is 0.892. The number of nitrogens with zero attached hydrogens (tertiary/aromatic N) is 3. The number of hydrogen-bond acceptors (Lipinski definition) is 4. The van der Waals surface area contributed by atoms with E-state index in [2.05, 4.69) is 5.10 Å². The van der Waals surface area contributed by atoms with Gasteiger partial charge in [0, 0.05) is 13.6 Å². The quantitative estimate of drug-likeness (QED) is 0.827. The summed E-state index contributed by atoms with van der Waals surface area (Å²) in [5.41, 5.74) is 14.8. The molecular weight excluding hydrogens is 338 g/mol. The molecule has 1 amide bonds. The van der Waals surface area contributed by atoms with Crippen molar-refractivity contribution in [3.8, 4) is 0 Å². The minimum Gasteiger partial charge on any atom is -0.397 e. The lowest BCUT2D eigenvalue weighted by molar-refractivity contribution is -0.130. The lowest BCUT2D eigenvalue weighted by atomic mass is 10.1. The van der Waals surface area contributed by atoms with Crippen LogP contribution in [0.4, 0.5) is 5.82 Å². The van der Waals surface area contributed by atoms with E-state index in [0.29, 0.717) is 34.3 Å². The van der Waals surface area contributed by atoms with E-state index in [1.165, 1.54) is 4.68 Å². The monoisotopic (exact) mass is 361 g/mol. The van der Waals surface area contributed by atoms with Gasteiger partial charge in [0.05, 0.1) is 22.0 Å². The molecule has 0 unspecified atom stereocenters. The van der Waals surface area contributed by atoms with Gasteiger partial charge in [0.2, 0.25) is 5.91 Å². The zero-order chi connectivity index (χ0) is 18.6. The molecule has 6 nitrogen and oxygen atoms in total. The van der Waals surface area contributed by atoms with Gasteiger partial charge in [-0.15, -0.1) is 0 Å². The van der Waals surface area contributed by atoms with Gasteiger partial charge in [-0.2, -0.15) is 5.10 Å². The van der Waals surface area contributed by atoms with Gasteiger partial charge in [0.1, 0.15) is 12.4 Å². The first-order valence-corrected chi connectivity index (χ1v) is 8.52. The van der Waals surface area contributed by atoms with E-state index in [4.69, 9.17) is 23.1 Å². The third kappa shape index (κ3) is 4.14. The number of rotatable bonds is 6. The van der Waals surface area contributed by atoms with Gasteiger partial charge < -0.3 is 16.4 Å². The lowest BCUT2D eigenvalue weighted by Crippen LogP contribution is -2.31. The fourth-order valence-electron chi connectivity index (χ4n) is 2.58. The molecular formula is C18H24ClN5O. The number of nitrogens with two attached hydrogens (primary N) is 2. The molecule has 134 valence electrons. The summed E-state index contributed by atoms with van der Waals surface area (Å²) in [6.45, 7) is 4.57. The van der Waals surface area contributed by atoms with Crippen LogP contribution in [0, 0.1) is 6.92 Å². The molecule has 0 radical (unpaired) electrons. The number of likely N-dealkylation sites (N-methyl/N-ethyl adjacent to an activating group) is 1. The van der Waals surface area contributed by atoms with Gasteiger partial charge in [0.15, 0.2) is 0 Å². The molecule has 0 atom stereocenters. The Labute approximate surface area is 153 Å². The number of aromatic nitrogens is 2. The van der Waals surface area contributed by atoms with E-state index in [9.17, 15) is 4.79 Å². The maximum atomic E-state index is 12.2. The minimum absolute atomic E-state index is 0.0567. The number of benzene rings is 1. The maximum Gasteiger partial charge on any atom is 0.244 e. The smallest absolute Gasteiger partial charge is 0.244 e. The van der Waals surface area contributed by atoms with Crippen molar-refractivity contribution in [1.29, 1.82) is 0 Å². The zero-order valence-electron chi connectivity index (χ0n) is 14.8. The van der Waals surface area contributed by atoms with Crippen molar-refractivity contribution in [2.45, 2.75) is 26.8 Å². The van der Waals surface area contributed by atoms with Crippen molar-refractivity contribution in [1.82, 2.24) is 14.7 Å². The van der Waals surface area contributed by atoms with Crippen LogP contribution in [0.1, 0.15) is 30.2 Å². The second kappa shape index (κ2) is 8.07. The van der Waals surface area contributed by atoms with Crippen LogP contribution in [0.2, 0.25) is 0 Å². The Balaban J connectivity index is 2.35. The molecule has 2 aromatic rings. The molecule has 1 aromatic heterocycles. The molecule has 0 bridgehead atoms. The van der Waals surface area contributed by atoms with Crippen LogP contribution in [-0.2, 0) is 11.3 Å². The molecule has 1 heterocycles. The number of hydrogen-bond donors (Lipinski definition) is 2. The van der Waals surface area contributed by atoms with Gasteiger partial charge in [-0.05, 0) is 18.9 Å². The summed E-state index contributed by atoms with van der Waals surface area (Å²) in [7, 11) is 1.76. The third-order valence-corrected chi connectivity index (χ3v) is 4.37. The SMILES string of the molecule is CCCN(C)C(=O)Cn1nc(C)c(/C(Cl)=C(\N)c2ccccc2)c1N. The fourth-order valence-corrected chi connectivity index (χ4v) is 2.92. The summed E-state index contributed by atoms with van der Waals surface area (Å²) in [6, 6.07) is 9.41. The minimum atomic E-state index is -0.0567. The molecule has 25 heavy (non-hydrogen) atoms. The predicted octanol–water partition coefficient (Wildman–Crippen LogP) is 2.67. The first kappa shape index (κ1) is 18.9. The number of amides is 1. The Kier molecular flexibility index (Phi) is 6.09. The van der Waals surface area contributed by atoms with E-state index in [1.54, 1.807) is 18.9 Å². The summed E-state index contributed by atoms with van der Waals surface area (Å²) in [5.74, 6) is 0.276. The van der Waals surface area contributed by atoms with Crippen LogP contribution in [0.3, 0.4) is 0 Å². The maximum absolute atomic E-state index is 12.2. The Morgan fingerprint density at radius 1 is 1.32 bits per heavy atom. The van der Waals surface area contributed by atoms with Crippen molar-refractivity contribution in [3.05, 3.63) is 47.2 Å². The average Bonchev–Trinajstić information content (AvgIpc) is 2.88. The first-order chi connectivity index (χ1) is 11.9. The van der Waals surface area contributed by atoms with E-state index in [0.717, 1.165) is 12.0 Å². The molecule has 0 spiro atoms. The van der Waals surface area contributed by atoms with Crippen molar-refractivity contribution >= 4 is 34.1 Å². The molecule has 0 saturated carbocycles. The molecule has 2 rings (SSSR count). The van der Waals surface area contributed by atoms with Crippen molar-refractivity contribution in [2.75, 3.05) is 19.3 Å². The molecule has 0 saturated heterocycles. The molecule has 4 N–H and O–H groups in total. The molecule has 1 aromatic carbocycles. The first-order valence-electron chi connectivity index (χ1n) is 8.14. The molecule has 0 aliphatic heterocycles. The van der Waals surface area contributed by atoms with E-state index >= 15 is 0 Å². The highest BCUT2D eigenvalue weighted by atomic mass is 35.5. The van der Waals surface area contributed by atoms with Crippen molar-refractivity contribution < 1.29 is 4.79 Å². The second-order valence-corrected chi connectivity index (χ2v) is 6.29. The highest BCUT2D eigenvalue weighted by molar-refractivity contribution is 6.53. The summed E-state index contributed by atoms with van der Waals surface area (Å²) in [4.78, 5) is 13.9. The summed E-state index contributed by atoms with van der Waals surface area (Å²) < 4.78 is 1.47. The third-order valence-electron chi connectivity index (χ3n) is 3.98. The predicted molar refractivity (Wildman–Crippen MR) is 103 cm³/mol. The highest BCUT2D eigenvalue weighted by Gasteiger charge is 2.20. The lowest BCUT2D eigenvalue weighted by Gasteiger charge is -2.16. The number of nitrogen functional groups attached to an aromatic ring is 1. The van der Waals surface area contributed by atoms with Crippen LogP contribution in [0.25, 0.3) is 10.7 Å². The van der Waals surface area contributed by atoms with Crippen LogP contribution >= 0.6 is 11.6 Å². The second-order valence-electron chi connectivity index (χ2n) is 5.91. The van der Waals surface area contributed by atoms with Crippen LogP contribution in [0.5, 0.6) is 0 Å². The topological polar surface area (TPSA) is 90.2 Å². The molecule has 0 fully saturated rings. The van der Waals surface area contributed by atoms with Gasteiger partial charge in [-0.1, -0.05) is 48.9 Å². The Hall–Kier alpha value is -2.47. The largest absolute Gasteiger partial charge is 0.397 e. The normalized spacial score (nSPS) is 12.0. The Morgan fingerprint density at radius 2 is 1.96 bits per heavy atom. The summed E-state index contributed by atoms with van der Waals surface area (Å²) >= 11 is 6.49. The van der Waals surface area contributed by atoms with Crippen molar-refractivity contribution in [3.63, 3.8) is 0 Å². The number of aryl methyl sites for hydroxylation is 1.